The van der Waals surface area contributed by atoms with Crippen molar-refractivity contribution in [2.24, 2.45) is 0 Å². The second-order valence-corrected chi connectivity index (χ2v) is 9.43. The number of aromatic nitrogens is 1. The minimum Gasteiger partial charge on any atom is -0.507 e. The molecule has 5 rings (SSSR count). The van der Waals surface area contributed by atoms with Crippen molar-refractivity contribution >= 4 is 44.1 Å². The predicted octanol–water partition coefficient (Wildman–Crippen LogP) is 5.86. The fraction of sp³-hybridized carbons (Fsp3) is 0.179. The third-order valence-electron chi connectivity index (χ3n) is 6.02. The Balaban J connectivity index is 1.66. The number of anilines is 1. The maximum atomic E-state index is 13.8. The number of amides is 1. The Labute approximate surface area is 216 Å². The van der Waals surface area contributed by atoms with E-state index in [1.807, 2.05) is 6.92 Å². The molecule has 7 nitrogen and oxygen atoms in total. The average molecular weight is 519 g/mol. The summed E-state index contributed by atoms with van der Waals surface area (Å²) in [5.74, 6) is -1.18. The first-order chi connectivity index (χ1) is 17.9. The van der Waals surface area contributed by atoms with Gasteiger partial charge in [-0.25, -0.2) is 9.37 Å². The van der Waals surface area contributed by atoms with Gasteiger partial charge >= 0.3 is 5.91 Å². The van der Waals surface area contributed by atoms with Crippen molar-refractivity contribution in [3.05, 3.63) is 89.2 Å². The number of ether oxygens (including phenoxy) is 2. The quantitative estimate of drug-likeness (QED) is 0.187. The number of hydrogen-bond donors (Lipinski definition) is 1. The fourth-order valence-electron chi connectivity index (χ4n) is 4.21. The number of hydrogen-bond acceptors (Lipinski definition) is 7. The molecule has 4 aromatic rings. The van der Waals surface area contributed by atoms with Crippen molar-refractivity contribution in [3.63, 3.8) is 0 Å². The van der Waals surface area contributed by atoms with Gasteiger partial charge in [-0.3, -0.25) is 14.5 Å². The van der Waals surface area contributed by atoms with Crippen LogP contribution in [0.2, 0.25) is 0 Å². The van der Waals surface area contributed by atoms with Crippen LogP contribution in [-0.2, 0) is 9.59 Å². The highest BCUT2D eigenvalue weighted by molar-refractivity contribution is 7.22. The number of carbonyl (C=O) groups excluding carboxylic acids is 2. The number of fused-ring (bicyclic) bond motifs is 1. The van der Waals surface area contributed by atoms with Crippen LogP contribution in [0.15, 0.2) is 72.3 Å². The highest BCUT2D eigenvalue weighted by Crippen LogP contribution is 2.44. The molecule has 188 valence electrons. The molecule has 37 heavy (non-hydrogen) atoms. The number of thiazole rings is 1. The largest absolute Gasteiger partial charge is 0.507 e. The van der Waals surface area contributed by atoms with E-state index >= 15 is 0 Å². The lowest BCUT2D eigenvalue weighted by atomic mass is 9.95. The summed E-state index contributed by atoms with van der Waals surface area (Å²) in [5, 5.41) is 11.5. The number of carbonyl (C=O) groups is 2. The third-order valence-corrected chi connectivity index (χ3v) is 7.04. The second-order valence-electron chi connectivity index (χ2n) is 8.42. The molecule has 3 aromatic carbocycles. The second kappa shape index (κ2) is 10.0. The fourth-order valence-corrected chi connectivity index (χ4v) is 5.22. The van der Waals surface area contributed by atoms with Crippen LogP contribution in [0.1, 0.15) is 30.5 Å². The normalized spacial score (nSPS) is 16.9. The first-order valence-electron chi connectivity index (χ1n) is 11.7. The summed E-state index contributed by atoms with van der Waals surface area (Å²) >= 11 is 1.10. The van der Waals surface area contributed by atoms with Crippen LogP contribution in [0.5, 0.6) is 11.5 Å². The minimum atomic E-state index is -0.951. The van der Waals surface area contributed by atoms with Crippen molar-refractivity contribution in [1.29, 1.82) is 0 Å². The number of aliphatic hydroxyl groups excluding tert-OH is 1. The van der Waals surface area contributed by atoms with Gasteiger partial charge in [0.05, 0.1) is 35.5 Å². The maximum Gasteiger partial charge on any atom is 0.301 e. The molecule has 1 aliphatic rings. The average Bonchev–Trinajstić information content (AvgIpc) is 3.45. The van der Waals surface area contributed by atoms with E-state index in [2.05, 4.69) is 4.98 Å². The number of nitrogens with zero attached hydrogens (tertiary/aromatic N) is 2. The minimum absolute atomic E-state index is 0.0668. The Bertz CT molecular complexity index is 1510. The summed E-state index contributed by atoms with van der Waals surface area (Å²) in [6.07, 6.45) is 0.849. The zero-order valence-electron chi connectivity index (χ0n) is 20.1. The summed E-state index contributed by atoms with van der Waals surface area (Å²) in [7, 11) is 1.53. The molecule has 1 atom stereocenters. The Morgan fingerprint density at radius 1 is 1.05 bits per heavy atom. The number of benzene rings is 3. The van der Waals surface area contributed by atoms with Crippen LogP contribution in [0.4, 0.5) is 9.52 Å². The van der Waals surface area contributed by atoms with Crippen molar-refractivity contribution < 1.29 is 28.6 Å². The molecule has 0 aliphatic carbocycles. The van der Waals surface area contributed by atoms with Crippen molar-refractivity contribution in [3.8, 4) is 11.5 Å². The van der Waals surface area contributed by atoms with Crippen LogP contribution in [-0.4, -0.2) is 35.5 Å². The van der Waals surface area contributed by atoms with Gasteiger partial charge in [-0.05, 0) is 66.6 Å². The van der Waals surface area contributed by atoms with Gasteiger partial charge in [-0.15, -0.1) is 0 Å². The molecule has 0 saturated carbocycles. The smallest absolute Gasteiger partial charge is 0.301 e. The van der Waals surface area contributed by atoms with Crippen LogP contribution in [0.3, 0.4) is 0 Å². The highest BCUT2D eigenvalue weighted by Gasteiger charge is 2.48. The van der Waals surface area contributed by atoms with E-state index in [0.29, 0.717) is 39.4 Å². The standard InChI is InChI=1S/C28H23FN2O5S/c1-3-14-36-20-11-4-16(5-12-20)24-23(25(32)17-6-9-19(35-2)10-7-17)26(33)27(34)31(24)28-30-21-13-8-18(29)15-22(21)37-28/h4-13,15,24,32H,3,14H2,1-2H3. The van der Waals surface area contributed by atoms with Crippen LogP contribution >= 0.6 is 11.3 Å². The van der Waals surface area contributed by atoms with Gasteiger partial charge in [0.1, 0.15) is 23.1 Å². The molecule has 0 bridgehead atoms. The molecule has 0 spiro atoms. The van der Waals surface area contributed by atoms with E-state index in [4.69, 9.17) is 9.47 Å². The summed E-state index contributed by atoms with van der Waals surface area (Å²) < 4.78 is 25.2. The number of rotatable bonds is 7. The van der Waals surface area contributed by atoms with Gasteiger partial charge in [0, 0.05) is 5.56 Å². The SMILES string of the molecule is CCCOc1ccc(C2C(=C(O)c3ccc(OC)cc3)C(=O)C(=O)N2c2nc3ccc(F)cc3s2)cc1. The molecule has 1 amide bonds. The zero-order valence-corrected chi connectivity index (χ0v) is 20.9. The molecular formula is C28H23FN2O5S. The highest BCUT2D eigenvalue weighted by atomic mass is 32.1. The van der Waals surface area contributed by atoms with Gasteiger partial charge in [-0.1, -0.05) is 30.4 Å². The van der Waals surface area contributed by atoms with E-state index < -0.39 is 23.5 Å². The number of Topliss-reactive ketones (excluding diaryl/α,β-unsaturated/α-hetero) is 1. The molecule has 1 unspecified atom stereocenters. The Hall–Kier alpha value is -4.24. The predicted molar refractivity (Wildman–Crippen MR) is 140 cm³/mol. The van der Waals surface area contributed by atoms with Gasteiger partial charge in [0.25, 0.3) is 5.78 Å². The molecule has 2 heterocycles. The molecule has 0 radical (unpaired) electrons. The molecule has 1 fully saturated rings. The van der Waals surface area contributed by atoms with Gasteiger partial charge < -0.3 is 14.6 Å². The Morgan fingerprint density at radius 2 is 1.76 bits per heavy atom. The summed E-state index contributed by atoms with van der Waals surface area (Å²) in [4.78, 5) is 32.5. The van der Waals surface area contributed by atoms with Crippen LogP contribution in [0.25, 0.3) is 16.0 Å². The van der Waals surface area contributed by atoms with Gasteiger partial charge in [0.2, 0.25) is 0 Å². The van der Waals surface area contributed by atoms with Crippen LogP contribution < -0.4 is 14.4 Å². The molecule has 1 aliphatic heterocycles. The zero-order chi connectivity index (χ0) is 26.1. The molecular weight excluding hydrogens is 495 g/mol. The van der Waals surface area contributed by atoms with Crippen molar-refractivity contribution in [1.82, 2.24) is 4.98 Å². The van der Waals surface area contributed by atoms with E-state index in [1.54, 1.807) is 48.5 Å². The van der Waals surface area contributed by atoms with E-state index in [1.165, 1.54) is 30.2 Å². The van der Waals surface area contributed by atoms with E-state index in [0.717, 1.165) is 17.8 Å². The Kier molecular flexibility index (Phi) is 6.62. The van der Waals surface area contributed by atoms with Crippen molar-refractivity contribution in [2.75, 3.05) is 18.6 Å². The Morgan fingerprint density at radius 3 is 2.43 bits per heavy atom. The number of halogens is 1. The third kappa shape index (κ3) is 4.53. The van der Waals surface area contributed by atoms with Gasteiger partial charge in [0.15, 0.2) is 5.13 Å². The first kappa shape index (κ1) is 24.5. The molecule has 1 aromatic heterocycles. The van der Waals surface area contributed by atoms with E-state index in [9.17, 15) is 19.1 Å². The lowest BCUT2D eigenvalue weighted by Gasteiger charge is -2.23. The monoisotopic (exact) mass is 518 g/mol. The first-order valence-corrected chi connectivity index (χ1v) is 12.5. The van der Waals surface area contributed by atoms with E-state index in [-0.39, 0.29) is 16.5 Å². The number of aliphatic hydroxyl groups is 1. The van der Waals surface area contributed by atoms with Crippen LogP contribution in [0, 0.1) is 5.82 Å². The molecule has 9 heteroatoms. The molecule has 1 saturated heterocycles. The summed E-state index contributed by atoms with van der Waals surface area (Å²) in [5.41, 5.74) is 1.38. The summed E-state index contributed by atoms with van der Waals surface area (Å²) in [6.45, 7) is 2.56. The topological polar surface area (TPSA) is 89.0 Å². The lowest BCUT2D eigenvalue weighted by molar-refractivity contribution is -0.132. The number of methoxy groups -OCH3 is 1. The maximum absolute atomic E-state index is 13.8. The molecule has 1 N–H and O–H groups in total. The lowest BCUT2D eigenvalue weighted by Crippen LogP contribution is -2.29. The van der Waals surface area contributed by atoms with Crippen molar-refractivity contribution in [2.45, 2.75) is 19.4 Å². The number of ketones is 1. The van der Waals surface area contributed by atoms with Gasteiger partial charge in [-0.2, -0.15) is 0 Å². The summed E-state index contributed by atoms with van der Waals surface area (Å²) in [6, 6.07) is 16.7.